The second-order valence-corrected chi connectivity index (χ2v) is 4.82. The van der Waals surface area contributed by atoms with Gasteiger partial charge >= 0.3 is 0 Å². The first-order chi connectivity index (χ1) is 10.1. The molecule has 0 unspecified atom stereocenters. The summed E-state index contributed by atoms with van der Waals surface area (Å²) in [7, 11) is 1.58. The van der Waals surface area contributed by atoms with Crippen molar-refractivity contribution < 1.29 is 14.3 Å². The van der Waals surface area contributed by atoms with Gasteiger partial charge in [0.2, 0.25) is 0 Å². The Kier molecular flexibility index (Phi) is 4.81. The van der Waals surface area contributed by atoms with E-state index in [1.54, 1.807) is 36.3 Å². The Morgan fingerprint density at radius 3 is 2.86 bits per heavy atom. The number of aromatic nitrogens is 2. The van der Waals surface area contributed by atoms with Gasteiger partial charge in [0.15, 0.2) is 12.4 Å². The molecule has 1 N–H and O–H groups in total. The Morgan fingerprint density at radius 1 is 1.38 bits per heavy atom. The molecule has 21 heavy (non-hydrogen) atoms. The molecule has 0 aliphatic rings. The summed E-state index contributed by atoms with van der Waals surface area (Å²) >= 11 is 0. The molecular weight excluding hydrogens is 270 g/mol. The van der Waals surface area contributed by atoms with Crippen molar-refractivity contribution >= 4 is 11.6 Å². The number of hydrogen-bond acceptors (Lipinski definition) is 4. The lowest BCUT2D eigenvalue weighted by Crippen LogP contribution is -2.20. The third kappa shape index (κ3) is 4.24. The largest absolute Gasteiger partial charge is 0.497 e. The van der Waals surface area contributed by atoms with Crippen LogP contribution in [0.15, 0.2) is 36.7 Å². The molecule has 2 aromatic rings. The molecule has 112 valence electrons. The highest BCUT2D eigenvalue weighted by molar-refractivity contribution is 5.92. The summed E-state index contributed by atoms with van der Waals surface area (Å²) in [6.45, 7) is 3.97. The van der Waals surface area contributed by atoms with Gasteiger partial charge in [-0.2, -0.15) is 5.10 Å². The molecule has 1 amide bonds. The van der Waals surface area contributed by atoms with Crippen LogP contribution in [0.25, 0.3) is 0 Å². The van der Waals surface area contributed by atoms with E-state index in [4.69, 9.17) is 9.47 Å². The number of rotatable bonds is 6. The summed E-state index contributed by atoms with van der Waals surface area (Å²) in [6, 6.07) is 7.41. The Hall–Kier alpha value is -2.50. The number of benzene rings is 1. The Morgan fingerprint density at radius 2 is 2.19 bits per heavy atom. The van der Waals surface area contributed by atoms with E-state index in [-0.39, 0.29) is 18.6 Å². The maximum Gasteiger partial charge on any atom is 0.262 e. The van der Waals surface area contributed by atoms with E-state index in [2.05, 4.69) is 10.4 Å². The third-order valence-corrected chi connectivity index (χ3v) is 2.83. The van der Waals surface area contributed by atoms with Crippen molar-refractivity contribution in [3.63, 3.8) is 0 Å². The molecule has 1 heterocycles. The van der Waals surface area contributed by atoms with Gasteiger partial charge in [0.25, 0.3) is 5.91 Å². The molecule has 0 fully saturated rings. The molecule has 0 spiro atoms. The lowest BCUT2D eigenvalue weighted by molar-refractivity contribution is -0.118. The van der Waals surface area contributed by atoms with Crippen LogP contribution < -0.4 is 14.8 Å². The van der Waals surface area contributed by atoms with Crippen molar-refractivity contribution in [3.8, 4) is 11.5 Å². The highest BCUT2D eigenvalue weighted by Crippen LogP contribution is 2.17. The number of carbonyl (C=O) groups excluding carboxylic acids is 1. The van der Waals surface area contributed by atoms with Crippen LogP contribution in [-0.4, -0.2) is 29.4 Å². The molecule has 0 saturated heterocycles. The van der Waals surface area contributed by atoms with E-state index in [0.29, 0.717) is 17.2 Å². The van der Waals surface area contributed by atoms with E-state index in [0.717, 1.165) is 0 Å². The Bertz CT molecular complexity index is 608. The summed E-state index contributed by atoms with van der Waals surface area (Å²) in [6.07, 6.45) is 3.36. The summed E-state index contributed by atoms with van der Waals surface area (Å²) < 4.78 is 12.3. The number of amides is 1. The van der Waals surface area contributed by atoms with Crippen molar-refractivity contribution in [3.05, 3.63) is 36.7 Å². The monoisotopic (exact) mass is 289 g/mol. The minimum absolute atomic E-state index is 0.0685. The van der Waals surface area contributed by atoms with Crippen molar-refractivity contribution in [2.24, 2.45) is 0 Å². The zero-order chi connectivity index (χ0) is 15.2. The second kappa shape index (κ2) is 6.78. The quantitative estimate of drug-likeness (QED) is 0.887. The maximum atomic E-state index is 11.8. The highest BCUT2D eigenvalue weighted by Gasteiger charge is 2.07. The Balaban J connectivity index is 1.86. The average molecular weight is 289 g/mol. The zero-order valence-corrected chi connectivity index (χ0v) is 12.4. The number of carbonyl (C=O) groups is 1. The van der Waals surface area contributed by atoms with Gasteiger partial charge in [0.05, 0.1) is 19.5 Å². The molecule has 6 nitrogen and oxygen atoms in total. The third-order valence-electron chi connectivity index (χ3n) is 2.83. The minimum atomic E-state index is -0.236. The van der Waals surface area contributed by atoms with Gasteiger partial charge in [-0.15, -0.1) is 0 Å². The zero-order valence-electron chi connectivity index (χ0n) is 12.4. The molecule has 2 rings (SSSR count). The van der Waals surface area contributed by atoms with Gasteiger partial charge in [-0.3, -0.25) is 9.48 Å². The van der Waals surface area contributed by atoms with Crippen LogP contribution >= 0.6 is 0 Å². The molecule has 0 aliphatic heterocycles. The van der Waals surface area contributed by atoms with Gasteiger partial charge in [0.1, 0.15) is 5.75 Å². The van der Waals surface area contributed by atoms with Crippen LogP contribution in [0.3, 0.4) is 0 Å². The first-order valence-corrected chi connectivity index (χ1v) is 6.69. The molecule has 0 radical (unpaired) electrons. The van der Waals surface area contributed by atoms with Crippen molar-refractivity contribution in [2.45, 2.75) is 19.9 Å². The minimum Gasteiger partial charge on any atom is -0.497 e. The van der Waals surface area contributed by atoms with E-state index in [1.165, 1.54) is 0 Å². The molecule has 0 bridgehead atoms. The summed E-state index contributed by atoms with van der Waals surface area (Å²) in [5.74, 6) is 1.02. The van der Waals surface area contributed by atoms with Crippen LogP contribution in [0.4, 0.5) is 5.69 Å². The number of nitrogens with one attached hydrogen (secondary N) is 1. The number of hydrogen-bond donors (Lipinski definition) is 1. The maximum absolute atomic E-state index is 11.8. The van der Waals surface area contributed by atoms with Crippen LogP contribution in [-0.2, 0) is 4.79 Å². The van der Waals surface area contributed by atoms with Gasteiger partial charge in [0, 0.05) is 17.8 Å². The lowest BCUT2D eigenvalue weighted by atomic mass is 10.3. The second-order valence-electron chi connectivity index (χ2n) is 4.82. The smallest absolute Gasteiger partial charge is 0.262 e. The Labute approximate surface area is 123 Å². The first-order valence-electron chi connectivity index (χ1n) is 6.69. The van der Waals surface area contributed by atoms with E-state index in [1.807, 2.05) is 26.0 Å². The van der Waals surface area contributed by atoms with Gasteiger partial charge in [-0.05, 0) is 26.0 Å². The standard InChI is InChI=1S/C15H19N3O3/c1-11(2)18-9-14(8-16-18)21-10-15(19)17-12-5-4-6-13(7-12)20-3/h4-9,11H,10H2,1-3H3,(H,17,19). The fraction of sp³-hybridized carbons (Fsp3) is 0.333. The molecule has 0 saturated carbocycles. The van der Waals surface area contributed by atoms with Crippen molar-refractivity contribution in [1.29, 1.82) is 0 Å². The number of methoxy groups -OCH3 is 1. The molecular formula is C15H19N3O3. The SMILES string of the molecule is COc1cccc(NC(=O)COc2cnn(C(C)C)c2)c1. The molecule has 0 aliphatic carbocycles. The fourth-order valence-corrected chi connectivity index (χ4v) is 1.72. The van der Waals surface area contributed by atoms with Crippen LogP contribution in [0.2, 0.25) is 0 Å². The predicted molar refractivity (Wildman–Crippen MR) is 79.7 cm³/mol. The fourth-order valence-electron chi connectivity index (χ4n) is 1.72. The van der Waals surface area contributed by atoms with Gasteiger partial charge in [-0.1, -0.05) is 6.07 Å². The van der Waals surface area contributed by atoms with Crippen molar-refractivity contribution in [1.82, 2.24) is 9.78 Å². The summed E-state index contributed by atoms with van der Waals surface area (Å²) in [4.78, 5) is 11.8. The van der Waals surface area contributed by atoms with Crippen molar-refractivity contribution in [2.75, 3.05) is 19.0 Å². The average Bonchev–Trinajstić information content (AvgIpc) is 2.94. The van der Waals surface area contributed by atoms with E-state index < -0.39 is 0 Å². The molecule has 1 aromatic carbocycles. The normalized spacial score (nSPS) is 10.5. The number of ether oxygens (including phenoxy) is 2. The van der Waals surface area contributed by atoms with Gasteiger partial charge < -0.3 is 14.8 Å². The van der Waals surface area contributed by atoms with E-state index in [9.17, 15) is 4.79 Å². The predicted octanol–water partition coefficient (Wildman–Crippen LogP) is 2.49. The van der Waals surface area contributed by atoms with Crippen LogP contribution in [0, 0.1) is 0 Å². The van der Waals surface area contributed by atoms with Crippen LogP contribution in [0.1, 0.15) is 19.9 Å². The summed E-state index contributed by atoms with van der Waals surface area (Å²) in [5.41, 5.74) is 0.667. The lowest BCUT2D eigenvalue weighted by Gasteiger charge is -2.07. The summed E-state index contributed by atoms with van der Waals surface area (Å²) in [5, 5.41) is 6.89. The number of anilines is 1. The van der Waals surface area contributed by atoms with E-state index >= 15 is 0 Å². The highest BCUT2D eigenvalue weighted by atomic mass is 16.5. The topological polar surface area (TPSA) is 65.4 Å². The molecule has 0 atom stereocenters. The van der Waals surface area contributed by atoms with Gasteiger partial charge in [-0.25, -0.2) is 0 Å². The first kappa shape index (κ1) is 14.9. The molecule has 1 aromatic heterocycles. The number of nitrogens with zero attached hydrogens (tertiary/aromatic N) is 2. The molecule has 6 heteroatoms. The van der Waals surface area contributed by atoms with Crippen LogP contribution in [0.5, 0.6) is 11.5 Å².